The maximum atomic E-state index is 10.9. The van der Waals surface area contributed by atoms with Crippen molar-refractivity contribution >= 4 is 17.0 Å². The van der Waals surface area contributed by atoms with Gasteiger partial charge in [-0.25, -0.2) is 14.5 Å². The molecule has 3 heterocycles. The third kappa shape index (κ3) is 3.80. The number of fused-ring (bicyclic) bond motifs is 1. The van der Waals surface area contributed by atoms with E-state index in [1.54, 1.807) is 17.8 Å². The third-order valence-corrected chi connectivity index (χ3v) is 3.43. The Balaban J connectivity index is 0.000000293. The number of carboxylic acid groups (broad SMARTS) is 1. The molecule has 0 bridgehead atoms. The second-order valence-corrected chi connectivity index (χ2v) is 4.92. The van der Waals surface area contributed by atoms with E-state index in [9.17, 15) is 4.79 Å². The summed E-state index contributed by atoms with van der Waals surface area (Å²) in [7, 11) is 0. The summed E-state index contributed by atoms with van der Waals surface area (Å²) in [6.07, 6.45) is 4.08. The number of hydrogen-bond donors (Lipinski definition) is 2. The minimum atomic E-state index is -0.953. The third-order valence-electron chi connectivity index (χ3n) is 3.43. The van der Waals surface area contributed by atoms with Gasteiger partial charge in [0.05, 0.1) is 18.4 Å². The van der Waals surface area contributed by atoms with Gasteiger partial charge in [-0.1, -0.05) is 7.43 Å². The van der Waals surface area contributed by atoms with Gasteiger partial charge in [0.15, 0.2) is 5.65 Å². The van der Waals surface area contributed by atoms with Gasteiger partial charge in [0.25, 0.3) is 0 Å². The van der Waals surface area contributed by atoms with Crippen molar-refractivity contribution in [3.8, 4) is 0 Å². The molecule has 7 nitrogen and oxygen atoms in total. The molecule has 0 amide bonds. The van der Waals surface area contributed by atoms with E-state index in [-0.39, 0.29) is 13.0 Å². The minimum Gasteiger partial charge on any atom is -0.478 e. The van der Waals surface area contributed by atoms with E-state index in [1.807, 2.05) is 6.92 Å². The number of carboxylic acids is 1. The van der Waals surface area contributed by atoms with Crippen LogP contribution in [0.15, 0.2) is 12.4 Å². The lowest BCUT2D eigenvalue weighted by Gasteiger charge is -2.02. The van der Waals surface area contributed by atoms with Crippen molar-refractivity contribution in [1.82, 2.24) is 14.8 Å². The first kappa shape index (κ1) is 18.1. The molecule has 0 aromatic carbocycles. The summed E-state index contributed by atoms with van der Waals surface area (Å²) >= 11 is 0. The zero-order valence-corrected chi connectivity index (χ0v) is 12.2. The molecule has 2 aromatic rings. The molecule has 0 saturated carbocycles. The monoisotopic (exact) mass is 308 g/mol. The molecule has 1 saturated heterocycles. The molecule has 3 rings (SSSR count). The fourth-order valence-electron chi connectivity index (χ4n) is 2.15. The number of nitrogens with two attached hydrogens (primary N) is 1. The van der Waals surface area contributed by atoms with Gasteiger partial charge in [0.2, 0.25) is 0 Å². The zero-order valence-electron chi connectivity index (χ0n) is 12.2. The van der Waals surface area contributed by atoms with E-state index in [1.165, 1.54) is 6.20 Å². The number of aromatic carboxylic acids is 1. The maximum Gasteiger partial charge on any atom is 0.337 e. The van der Waals surface area contributed by atoms with Crippen LogP contribution in [0.2, 0.25) is 0 Å². The molecule has 1 atom stereocenters. The van der Waals surface area contributed by atoms with Crippen molar-refractivity contribution in [2.24, 2.45) is 5.73 Å². The molecule has 1 aliphatic heterocycles. The fraction of sp³-hybridized carbons (Fsp3) is 0.533. The van der Waals surface area contributed by atoms with Crippen molar-refractivity contribution < 1.29 is 14.6 Å². The van der Waals surface area contributed by atoms with Crippen molar-refractivity contribution in [1.29, 1.82) is 0 Å². The number of pyridine rings is 1. The van der Waals surface area contributed by atoms with Gasteiger partial charge < -0.3 is 15.6 Å². The first-order valence-corrected chi connectivity index (χ1v) is 6.92. The van der Waals surface area contributed by atoms with Gasteiger partial charge in [-0.05, 0) is 25.8 Å². The van der Waals surface area contributed by atoms with Crippen LogP contribution in [0.5, 0.6) is 0 Å². The molecule has 3 N–H and O–H groups in total. The van der Waals surface area contributed by atoms with Crippen LogP contribution in [0.3, 0.4) is 0 Å². The van der Waals surface area contributed by atoms with E-state index in [2.05, 4.69) is 10.1 Å². The van der Waals surface area contributed by atoms with Gasteiger partial charge in [-0.15, -0.1) is 0 Å². The quantitative estimate of drug-likeness (QED) is 0.877. The molecule has 1 aliphatic rings. The smallest absolute Gasteiger partial charge is 0.337 e. The zero-order chi connectivity index (χ0) is 15.4. The molecule has 0 spiro atoms. The van der Waals surface area contributed by atoms with Crippen molar-refractivity contribution in [3.05, 3.63) is 23.5 Å². The van der Waals surface area contributed by atoms with E-state index in [0.29, 0.717) is 11.6 Å². The summed E-state index contributed by atoms with van der Waals surface area (Å²) in [6.45, 7) is 6.09. The number of carbonyl (C=O) groups is 1. The fourth-order valence-corrected chi connectivity index (χ4v) is 2.15. The van der Waals surface area contributed by atoms with Crippen LogP contribution in [0.1, 0.15) is 36.7 Å². The lowest BCUT2D eigenvalue weighted by Crippen LogP contribution is -2.18. The average molecular weight is 308 g/mol. The summed E-state index contributed by atoms with van der Waals surface area (Å²) in [4.78, 5) is 15.0. The average Bonchev–Trinajstić information content (AvgIpc) is 3.08. The van der Waals surface area contributed by atoms with Crippen LogP contribution in [0.4, 0.5) is 0 Å². The molecule has 0 unspecified atom stereocenters. The minimum absolute atomic E-state index is 0. The Kier molecular flexibility index (Phi) is 6.45. The first-order valence-electron chi connectivity index (χ1n) is 6.92. The normalized spacial score (nSPS) is 16.8. The second kappa shape index (κ2) is 7.86. The summed E-state index contributed by atoms with van der Waals surface area (Å²) in [5.74, 6) is -0.953. The standard InChI is InChI=1S/C10H11N3O2.C4H9NO.CH4/c1-3-13-9-7(5-12-13)6(2)8(4-11-9)10(14)15;5-4-1-2-6-3-4;/h4-5H,3H2,1-2H3,(H,14,15);4H,1-3,5H2;1H4/t;4-;/m.0./s1. The van der Waals surface area contributed by atoms with Gasteiger partial charge >= 0.3 is 5.97 Å². The molecule has 122 valence electrons. The lowest BCUT2D eigenvalue weighted by atomic mass is 10.1. The SMILES string of the molecule is C.CCn1ncc2c(C)c(C(=O)O)cnc21.N[C@H]1CCOC1. The van der Waals surface area contributed by atoms with Crippen LogP contribution in [-0.2, 0) is 11.3 Å². The summed E-state index contributed by atoms with van der Waals surface area (Å²) < 4.78 is 6.68. The Morgan fingerprint density at radius 1 is 1.55 bits per heavy atom. The van der Waals surface area contributed by atoms with Crippen LogP contribution in [0, 0.1) is 6.92 Å². The number of hydrogen-bond acceptors (Lipinski definition) is 5. The highest BCUT2D eigenvalue weighted by Crippen LogP contribution is 2.19. The topological polar surface area (TPSA) is 103 Å². The summed E-state index contributed by atoms with van der Waals surface area (Å²) in [5, 5.41) is 13.9. The maximum absolute atomic E-state index is 10.9. The Bertz CT molecular complexity index is 633. The van der Waals surface area contributed by atoms with Crippen LogP contribution < -0.4 is 5.73 Å². The van der Waals surface area contributed by atoms with Gasteiger partial charge in [0, 0.05) is 30.8 Å². The number of aromatic nitrogens is 3. The molecular weight excluding hydrogens is 284 g/mol. The van der Waals surface area contributed by atoms with Crippen molar-refractivity contribution in [3.63, 3.8) is 0 Å². The molecule has 2 aromatic heterocycles. The summed E-state index contributed by atoms with van der Waals surface area (Å²) in [5.41, 5.74) is 7.10. The van der Waals surface area contributed by atoms with Crippen molar-refractivity contribution in [2.45, 2.75) is 40.3 Å². The molecule has 1 fully saturated rings. The van der Waals surface area contributed by atoms with E-state index < -0.39 is 5.97 Å². The summed E-state index contributed by atoms with van der Waals surface area (Å²) in [6, 6.07) is 0.324. The van der Waals surface area contributed by atoms with Gasteiger partial charge in [-0.3, -0.25) is 0 Å². The van der Waals surface area contributed by atoms with Crippen molar-refractivity contribution in [2.75, 3.05) is 13.2 Å². The Morgan fingerprint density at radius 3 is 2.73 bits per heavy atom. The van der Waals surface area contributed by atoms with Gasteiger partial charge in [-0.2, -0.15) is 5.10 Å². The largest absolute Gasteiger partial charge is 0.478 e. The van der Waals surface area contributed by atoms with Crippen LogP contribution in [0.25, 0.3) is 11.0 Å². The van der Waals surface area contributed by atoms with E-state index >= 15 is 0 Å². The highest BCUT2D eigenvalue weighted by molar-refractivity contribution is 5.94. The lowest BCUT2D eigenvalue weighted by molar-refractivity contribution is 0.0696. The highest BCUT2D eigenvalue weighted by atomic mass is 16.5. The number of aryl methyl sites for hydroxylation is 2. The molecule has 0 aliphatic carbocycles. The highest BCUT2D eigenvalue weighted by Gasteiger charge is 2.13. The van der Waals surface area contributed by atoms with Crippen LogP contribution >= 0.6 is 0 Å². The number of rotatable bonds is 2. The molecule has 0 radical (unpaired) electrons. The number of nitrogens with zero attached hydrogens (tertiary/aromatic N) is 3. The first-order chi connectivity index (χ1) is 10.0. The van der Waals surface area contributed by atoms with Crippen LogP contribution in [-0.4, -0.2) is 45.1 Å². The molecular formula is C15H24N4O3. The predicted octanol–water partition coefficient (Wildman–Crippen LogP) is 1.83. The van der Waals surface area contributed by atoms with E-state index in [0.717, 1.165) is 37.2 Å². The Labute approximate surface area is 130 Å². The Morgan fingerprint density at radius 2 is 2.27 bits per heavy atom. The second-order valence-electron chi connectivity index (χ2n) is 4.92. The predicted molar refractivity (Wildman–Crippen MR) is 85.0 cm³/mol. The Hall–Kier alpha value is -1.99. The van der Waals surface area contributed by atoms with E-state index in [4.69, 9.17) is 15.6 Å². The molecule has 22 heavy (non-hydrogen) atoms. The van der Waals surface area contributed by atoms with Gasteiger partial charge in [0.1, 0.15) is 0 Å². The molecule has 7 heteroatoms. The number of ether oxygens (including phenoxy) is 1.